The second-order valence-corrected chi connectivity index (χ2v) is 6.44. The lowest BCUT2D eigenvalue weighted by molar-refractivity contribution is -0.121. The average Bonchev–Trinajstić information content (AvgIpc) is 2.95. The van der Waals surface area contributed by atoms with Crippen LogP contribution in [0.5, 0.6) is 0 Å². The topological polar surface area (TPSA) is 84.0 Å². The van der Waals surface area contributed by atoms with Crippen LogP contribution in [-0.2, 0) is 16.0 Å². The van der Waals surface area contributed by atoms with Gasteiger partial charge in [-0.25, -0.2) is 0 Å². The number of hydrogen-bond donors (Lipinski definition) is 2. The number of anilines is 2. The Bertz CT molecular complexity index is 657. The first-order chi connectivity index (χ1) is 10.6. The summed E-state index contributed by atoms with van der Waals surface area (Å²) < 4.78 is 0.938. The molecule has 22 heavy (non-hydrogen) atoms. The highest BCUT2D eigenvalue weighted by Gasteiger charge is 2.10. The first-order valence-electron chi connectivity index (χ1n) is 6.74. The summed E-state index contributed by atoms with van der Waals surface area (Å²) in [5, 5.41) is 14.5. The molecule has 2 aromatic rings. The van der Waals surface area contributed by atoms with Crippen molar-refractivity contribution in [3.05, 3.63) is 33.7 Å². The summed E-state index contributed by atoms with van der Waals surface area (Å²) >= 11 is 4.66. The van der Waals surface area contributed by atoms with Crippen molar-refractivity contribution in [1.29, 1.82) is 0 Å². The minimum atomic E-state index is -0.246. The van der Waals surface area contributed by atoms with Gasteiger partial charge in [0.1, 0.15) is 5.01 Å². The maximum absolute atomic E-state index is 11.8. The first kappa shape index (κ1) is 16.6. The van der Waals surface area contributed by atoms with E-state index in [0.717, 1.165) is 15.9 Å². The SMILES string of the molecule is CCc1nnc(NC(=O)CCC(=O)Nc2ccc(Br)cc2)s1. The molecule has 0 aliphatic heterocycles. The van der Waals surface area contributed by atoms with Gasteiger partial charge in [-0.15, -0.1) is 10.2 Å². The van der Waals surface area contributed by atoms with Crippen LogP contribution < -0.4 is 10.6 Å². The van der Waals surface area contributed by atoms with Crippen LogP contribution in [0, 0.1) is 0 Å². The van der Waals surface area contributed by atoms with Crippen LogP contribution in [0.2, 0.25) is 0 Å². The Morgan fingerprint density at radius 2 is 1.73 bits per heavy atom. The quantitative estimate of drug-likeness (QED) is 0.802. The molecule has 1 heterocycles. The standard InChI is InChI=1S/C14H15BrN4O2S/c1-2-13-18-19-14(22-13)17-12(21)8-7-11(20)16-10-5-3-9(15)4-6-10/h3-6H,2,7-8H2,1H3,(H,16,20)(H,17,19,21). The highest BCUT2D eigenvalue weighted by molar-refractivity contribution is 9.10. The van der Waals surface area contributed by atoms with E-state index in [1.807, 2.05) is 19.1 Å². The number of halogens is 1. The van der Waals surface area contributed by atoms with E-state index in [9.17, 15) is 9.59 Å². The summed E-state index contributed by atoms with van der Waals surface area (Å²) in [6, 6.07) is 7.25. The largest absolute Gasteiger partial charge is 0.326 e. The molecule has 0 atom stereocenters. The molecule has 0 bridgehead atoms. The van der Waals surface area contributed by atoms with Crippen LogP contribution in [-0.4, -0.2) is 22.0 Å². The van der Waals surface area contributed by atoms with E-state index in [1.165, 1.54) is 11.3 Å². The predicted molar refractivity (Wildman–Crippen MR) is 89.9 cm³/mol. The summed E-state index contributed by atoms with van der Waals surface area (Å²) in [6.45, 7) is 1.97. The number of carbonyl (C=O) groups excluding carboxylic acids is 2. The molecule has 0 radical (unpaired) electrons. The summed E-state index contributed by atoms with van der Waals surface area (Å²) in [4.78, 5) is 23.5. The molecule has 116 valence electrons. The molecule has 0 aliphatic rings. The van der Waals surface area contributed by atoms with Gasteiger partial charge in [0.2, 0.25) is 16.9 Å². The molecule has 0 unspecified atom stereocenters. The van der Waals surface area contributed by atoms with Gasteiger partial charge >= 0.3 is 0 Å². The zero-order chi connectivity index (χ0) is 15.9. The minimum Gasteiger partial charge on any atom is -0.326 e. The molecular weight excluding hydrogens is 368 g/mol. The van der Waals surface area contributed by atoms with Gasteiger partial charge in [-0.2, -0.15) is 0 Å². The lowest BCUT2D eigenvalue weighted by Gasteiger charge is -2.05. The summed E-state index contributed by atoms with van der Waals surface area (Å²) in [7, 11) is 0. The van der Waals surface area contributed by atoms with Crippen LogP contribution in [0.1, 0.15) is 24.8 Å². The normalized spacial score (nSPS) is 10.3. The van der Waals surface area contributed by atoms with Crippen molar-refractivity contribution in [3.63, 3.8) is 0 Å². The molecule has 0 saturated heterocycles. The Morgan fingerprint density at radius 3 is 2.32 bits per heavy atom. The fraction of sp³-hybridized carbons (Fsp3) is 0.286. The number of rotatable bonds is 6. The first-order valence-corrected chi connectivity index (χ1v) is 8.35. The molecule has 1 aromatic carbocycles. The van der Waals surface area contributed by atoms with Gasteiger partial charge in [-0.05, 0) is 30.7 Å². The van der Waals surface area contributed by atoms with E-state index in [2.05, 4.69) is 36.8 Å². The zero-order valence-corrected chi connectivity index (χ0v) is 14.3. The van der Waals surface area contributed by atoms with E-state index < -0.39 is 0 Å². The van der Waals surface area contributed by atoms with Crippen LogP contribution in [0.15, 0.2) is 28.7 Å². The third-order valence-corrected chi connectivity index (χ3v) is 4.23. The maximum Gasteiger partial charge on any atom is 0.226 e. The van der Waals surface area contributed by atoms with Gasteiger partial charge in [0, 0.05) is 23.0 Å². The van der Waals surface area contributed by atoms with Gasteiger partial charge in [-0.1, -0.05) is 34.2 Å². The number of amides is 2. The molecule has 6 nitrogen and oxygen atoms in total. The Kier molecular flexibility index (Phi) is 6.02. The molecule has 2 amide bonds. The average molecular weight is 383 g/mol. The van der Waals surface area contributed by atoms with Crippen molar-refractivity contribution in [2.24, 2.45) is 0 Å². The highest BCUT2D eigenvalue weighted by Crippen LogP contribution is 2.16. The van der Waals surface area contributed by atoms with Gasteiger partial charge in [0.05, 0.1) is 0 Å². The molecule has 0 fully saturated rings. The van der Waals surface area contributed by atoms with E-state index in [-0.39, 0.29) is 24.7 Å². The van der Waals surface area contributed by atoms with Crippen LogP contribution in [0.4, 0.5) is 10.8 Å². The third-order valence-electron chi connectivity index (χ3n) is 2.72. The smallest absolute Gasteiger partial charge is 0.226 e. The molecule has 1 aromatic heterocycles. The Hall–Kier alpha value is -1.80. The second-order valence-electron chi connectivity index (χ2n) is 4.46. The van der Waals surface area contributed by atoms with Crippen molar-refractivity contribution in [2.75, 3.05) is 10.6 Å². The van der Waals surface area contributed by atoms with E-state index in [1.54, 1.807) is 12.1 Å². The Balaban J connectivity index is 1.75. The van der Waals surface area contributed by atoms with Crippen molar-refractivity contribution in [1.82, 2.24) is 10.2 Å². The fourth-order valence-corrected chi connectivity index (χ4v) is 2.57. The van der Waals surface area contributed by atoms with E-state index in [0.29, 0.717) is 10.8 Å². The van der Waals surface area contributed by atoms with Crippen molar-refractivity contribution in [2.45, 2.75) is 26.2 Å². The molecule has 8 heteroatoms. The molecule has 0 saturated carbocycles. The zero-order valence-electron chi connectivity index (χ0n) is 11.9. The summed E-state index contributed by atoms with van der Waals surface area (Å²) in [5.74, 6) is -0.450. The fourth-order valence-electron chi connectivity index (χ4n) is 1.61. The predicted octanol–water partition coefficient (Wildman–Crippen LogP) is 3.22. The Labute approximate surface area is 140 Å². The molecular formula is C14H15BrN4O2S. The van der Waals surface area contributed by atoms with Gasteiger partial charge in [-0.3, -0.25) is 9.59 Å². The molecule has 2 N–H and O–H groups in total. The lowest BCUT2D eigenvalue weighted by atomic mass is 10.2. The molecule has 0 aliphatic carbocycles. The molecule has 0 spiro atoms. The number of carbonyl (C=O) groups is 2. The molecule has 2 rings (SSSR count). The van der Waals surface area contributed by atoms with E-state index in [4.69, 9.17) is 0 Å². The number of benzene rings is 1. The van der Waals surface area contributed by atoms with Gasteiger partial charge < -0.3 is 10.6 Å². The monoisotopic (exact) mass is 382 g/mol. The Morgan fingerprint density at radius 1 is 1.09 bits per heavy atom. The third kappa shape index (κ3) is 5.19. The van der Waals surface area contributed by atoms with Crippen LogP contribution in [0.3, 0.4) is 0 Å². The summed E-state index contributed by atoms with van der Waals surface area (Å²) in [6.07, 6.45) is 0.994. The van der Waals surface area contributed by atoms with Crippen molar-refractivity contribution in [3.8, 4) is 0 Å². The summed E-state index contributed by atoms with van der Waals surface area (Å²) in [5.41, 5.74) is 0.699. The lowest BCUT2D eigenvalue weighted by Crippen LogP contribution is -2.17. The van der Waals surface area contributed by atoms with Crippen molar-refractivity contribution >= 4 is 49.9 Å². The minimum absolute atomic E-state index is 0.101. The second kappa shape index (κ2) is 8.00. The number of hydrogen-bond acceptors (Lipinski definition) is 5. The number of nitrogens with one attached hydrogen (secondary N) is 2. The maximum atomic E-state index is 11.8. The van der Waals surface area contributed by atoms with Gasteiger partial charge in [0.15, 0.2) is 0 Å². The highest BCUT2D eigenvalue weighted by atomic mass is 79.9. The van der Waals surface area contributed by atoms with Gasteiger partial charge in [0.25, 0.3) is 0 Å². The number of aromatic nitrogens is 2. The van der Waals surface area contributed by atoms with Crippen molar-refractivity contribution < 1.29 is 9.59 Å². The van der Waals surface area contributed by atoms with Crippen LogP contribution >= 0.6 is 27.3 Å². The number of nitrogens with zero attached hydrogens (tertiary/aromatic N) is 2. The number of aryl methyl sites for hydroxylation is 1. The van der Waals surface area contributed by atoms with Crippen LogP contribution in [0.25, 0.3) is 0 Å². The van der Waals surface area contributed by atoms with E-state index >= 15 is 0 Å².